The predicted octanol–water partition coefficient (Wildman–Crippen LogP) is 7.88. The fraction of sp³-hybridized carbons (Fsp3) is 0.0870. The van der Waals surface area contributed by atoms with E-state index in [4.69, 9.17) is 27.9 Å². The highest BCUT2D eigenvalue weighted by atomic mass is 79.9. The quantitative estimate of drug-likeness (QED) is 0.263. The minimum atomic E-state index is -0.0482. The number of nitrogens with zero attached hydrogens (tertiary/aromatic N) is 1. The molecule has 0 saturated carbocycles. The van der Waals surface area contributed by atoms with Gasteiger partial charge >= 0.3 is 0 Å². The average molecular weight is 475 g/mol. The number of ether oxygens (including phenoxy) is 1. The summed E-state index contributed by atoms with van der Waals surface area (Å²) in [6, 6.07) is 19.7. The Kier molecular flexibility index (Phi) is 6.61. The zero-order chi connectivity index (χ0) is 20.3. The van der Waals surface area contributed by atoms with Gasteiger partial charge < -0.3 is 4.74 Å². The SMILES string of the molecule is C=Nc1c(OC)cc(C(c2ccc(Cl)cc2)c2ccc(Cl)cc2)cc1C(=C)Br. The van der Waals surface area contributed by atoms with Crippen molar-refractivity contribution in [2.75, 3.05) is 7.11 Å². The van der Waals surface area contributed by atoms with Crippen molar-refractivity contribution < 1.29 is 4.74 Å². The van der Waals surface area contributed by atoms with Crippen LogP contribution in [-0.4, -0.2) is 13.8 Å². The van der Waals surface area contributed by atoms with Gasteiger partial charge in [-0.3, -0.25) is 4.99 Å². The monoisotopic (exact) mass is 473 g/mol. The van der Waals surface area contributed by atoms with E-state index in [1.165, 1.54) is 0 Å². The maximum atomic E-state index is 6.11. The molecule has 5 heteroatoms. The van der Waals surface area contributed by atoms with E-state index in [2.05, 4.69) is 40.3 Å². The molecule has 3 aromatic rings. The van der Waals surface area contributed by atoms with Crippen LogP contribution in [0.4, 0.5) is 5.69 Å². The lowest BCUT2D eigenvalue weighted by molar-refractivity contribution is 0.415. The van der Waals surface area contributed by atoms with Crippen molar-refractivity contribution in [2.45, 2.75) is 5.92 Å². The zero-order valence-electron chi connectivity index (χ0n) is 15.3. The van der Waals surface area contributed by atoms with Crippen LogP contribution in [0.2, 0.25) is 10.0 Å². The average Bonchev–Trinajstić information content (AvgIpc) is 2.70. The van der Waals surface area contributed by atoms with Gasteiger partial charge in [0.15, 0.2) is 0 Å². The second-order valence-electron chi connectivity index (χ2n) is 6.22. The van der Waals surface area contributed by atoms with Gasteiger partial charge in [-0.15, -0.1) is 0 Å². The minimum Gasteiger partial charge on any atom is -0.494 e. The minimum absolute atomic E-state index is 0.0482. The fourth-order valence-electron chi connectivity index (χ4n) is 3.21. The molecule has 0 unspecified atom stereocenters. The van der Waals surface area contributed by atoms with Crippen molar-refractivity contribution in [3.8, 4) is 5.75 Å². The summed E-state index contributed by atoms with van der Waals surface area (Å²) in [4.78, 5) is 4.13. The van der Waals surface area contributed by atoms with Gasteiger partial charge in [0, 0.05) is 26.0 Å². The van der Waals surface area contributed by atoms with Gasteiger partial charge in [0.2, 0.25) is 0 Å². The Labute approximate surface area is 183 Å². The number of halogens is 3. The second-order valence-corrected chi connectivity index (χ2v) is 8.05. The maximum absolute atomic E-state index is 6.11. The Hall–Kier alpha value is -2.07. The third-order valence-electron chi connectivity index (χ3n) is 4.51. The highest BCUT2D eigenvalue weighted by molar-refractivity contribution is 9.15. The van der Waals surface area contributed by atoms with Crippen LogP contribution in [0, 0.1) is 0 Å². The standard InChI is InChI=1S/C23H18BrCl2NO/c1-14(24)20-12-17(13-21(28-3)23(20)27-2)22(15-4-8-18(25)9-5-15)16-6-10-19(26)11-7-16/h4-13,22H,1-2H2,3H3. The van der Waals surface area contributed by atoms with Gasteiger partial charge in [-0.25, -0.2) is 0 Å². The molecular formula is C23H18BrCl2NO. The van der Waals surface area contributed by atoms with Crippen molar-refractivity contribution in [1.29, 1.82) is 0 Å². The molecule has 0 N–H and O–H groups in total. The van der Waals surface area contributed by atoms with Crippen LogP contribution in [0.3, 0.4) is 0 Å². The third kappa shape index (κ3) is 4.33. The van der Waals surface area contributed by atoms with Crippen molar-refractivity contribution >= 4 is 56.0 Å². The van der Waals surface area contributed by atoms with Gasteiger partial charge in [-0.2, -0.15) is 0 Å². The fourth-order valence-corrected chi connectivity index (χ4v) is 3.76. The summed E-state index contributed by atoms with van der Waals surface area (Å²) < 4.78 is 6.30. The molecule has 142 valence electrons. The topological polar surface area (TPSA) is 21.6 Å². The summed E-state index contributed by atoms with van der Waals surface area (Å²) in [5.74, 6) is 0.587. The molecule has 0 radical (unpaired) electrons. The number of hydrogen-bond acceptors (Lipinski definition) is 2. The predicted molar refractivity (Wildman–Crippen MR) is 124 cm³/mol. The van der Waals surface area contributed by atoms with Crippen molar-refractivity contribution in [1.82, 2.24) is 0 Å². The first kappa shape index (κ1) is 20.7. The molecule has 3 rings (SSSR count). The molecule has 28 heavy (non-hydrogen) atoms. The lowest BCUT2D eigenvalue weighted by Gasteiger charge is -2.22. The summed E-state index contributed by atoms with van der Waals surface area (Å²) in [5, 5.41) is 1.38. The van der Waals surface area contributed by atoms with Crippen LogP contribution in [0.25, 0.3) is 4.48 Å². The summed E-state index contributed by atoms with van der Waals surface area (Å²) in [5.41, 5.74) is 4.71. The summed E-state index contributed by atoms with van der Waals surface area (Å²) >= 11 is 15.7. The Morgan fingerprint density at radius 1 is 0.929 bits per heavy atom. The molecule has 0 fully saturated rings. The molecule has 0 atom stereocenters. The van der Waals surface area contributed by atoms with Crippen molar-refractivity contribution in [2.24, 2.45) is 4.99 Å². The maximum Gasteiger partial charge on any atom is 0.145 e. The molecule has 0 aliphatic rings. The van der Waals surface area contributed by atoms with Crippen LogP contribution >= 0.6 is 39.1 Å². The van der Waals surface area contributed by atoms with Crippen molar-refractivity contribution in [3.05, 3.63) is 99.5 Å². The lowest BCUT2D eigenvalue weighted by atomic mass is 9.84. The first-order valence-electron chi connectivity index (χ1n) is 8.49. The van der Waals surface area contributed by atoms with Gasteiger partial charge in [0.1, 0.15) is 11.4 Å². The summed E-state index contributed by atoms with van der Waals surface area (Å²) in [6.07, 6.45) is 0. The lowest BCUT2D eigenvalue weighted by Crippen LogP contribution is -2.05. The normalized spacial score (nSPS) is 10.8. The Bertz CT molecular complexity index is 969. The first-order valence-corrected chi connectivity index (χ1v) is 10.0. The molecule has 3 aromatic carbocycles. The number of hydrogen-bond donors (Lipinski definition) is 0. The highest BCUT2D eigenvalue weighted by Gasteiger charge is 2.21. The van der Waals surface area contributed by atoms with Gasteiger partial charge in [0.05, 0.1) is 7.11 Å². The van der Waals surface area contributed by atoms with Gasteiger partial charge in [-0.1, -0.05) is 70.0 Å². The second kappa shape index (κ2) is 8.95. The molecule has 0 saturated heterocycles. The smallest absolute Gasteiger partial charge is 0.145 e. The number of rotatable bonds is 6. The molecule has 0 amide bonds. The van der Waals surface area contributed by atoms with Crippen LogP contribution < -0.4 is 4.74 Å². The Morgan fingerprint density at radius 2 is 1.43 bits per heavy atom. The van der Waals surface area contributed by atoms with Crippen LogP contribution in [0.1, 0.15) is 28.2 Å². The summed E-state index contributed by atoms with van der Waals surface area (Å²) in [6.45, 7) is 7.69. The molecule has 0 bridgehead atoms. The van der Waals surface area contributed by atoms with E-state index in [1.807, 2.05) is 54.6 Å². The van der Waals surface area contributed by atoms with E-state index in [9.17, 15) is 0 Å². The van der Waals surface area contributed by atoms with Crippen LogP contribution in [0.15, 0.2) is 72.2 Å². The molecule has 0 spiro atoms. The zero-order valence-corrected chi connectivity index (χ0v) is 18.4. The van der Waals surface area contributed by atoms with Gasteiger partial charge in [0.25, 0.3) is 0 Å². The van der Waals surface area contributed by atoms with E-state index in [0.717, 1.165) is 22.3 Å². The largest absolute Gasteiger partial charge is 0.494 e. The van der Waals surface area contributed by atoms with Crippen LogP contribution in [-0.2, 0) is 0 Å². The first-order chi connectivity index (χ1) is 13.4. The molecule has 0 aromatic heterocycles. The molecule has 0 aliphatic heterocycles. The van der Waals surface area contributed by atoms with Crippen molar-refractivity contribution in [3.63, 3.8) is 0 Å². The molecule has 0 aliphatic carbocycles. The highest BCUT2D eigenvalue weighted by Crippen LogP contribution is 2.43. The number of benzene rings is 3. The third-order valence-corrected chi connectivity index (χ3v) is 5.44. The van der Waals surface area contributed by atoms with Crippen LogP contribution in [0.5, 0.6) is 5.75 Å². The number of aliphatic imine (C=N–C) groups is 1. The van der Waals surface area contributed by atoms with E-state index in [1.54, 1.807) is 7.11 Å². The van der Waals surface area contributed by atoms with E-state index >= 15 is 0 Å². The molecule has 2 nitrogen and oxygen atoms in total. The van der Waals surface area contributed by atoms with Gasteiger partial charge in [-0.05, 0) is 59.8 Å². The molecular weight excluding hydrogens is 457 g/mol. The van der Waals surface area contributed by atoms with E-state index in [0.29, 0.717) is 26.0 Å². The van der Waals surface area contributed by atoms with E-state index < -0.39 is 0 Å². The summed E-state index contributed by atoms with van der Waals surface area (Å²) in [7, 11) is 1.62. The number of methoxy groups -OCH3 is 1. The Balaban J connectivity index is 2.27. The van der Waals surface area contributed by atoms with E-state index in [-0.39, 0.29) is 5.92 Å². The Morgan fingerprint density at radius 3 is 1.82 bits per heavy atom. The molecule has 0 heterocycles.